The lowest BCUT2D eigenvalue weighted by molar-refractivity contribution is 0.414. The van der Waals surface area contributed by atoms with Crippen molar-refractivity contribution in [3.63, 3.8) is 0 Å². The van der Waals surface area contributed by atoms with E-state index in [1.807, 2.05) is 13.8 Å². The van der Waals surface area contributed by atoms with Crippen LogP contribution in [0, 0.1) is 0 Å². The third-order valence-corrected chi connectivity index (χ3v) is 1.88. The van der Waals surface area contributed by atoms with Gasteiger partial charge in [-0.15, -0.1) is 0 Å². The quantitative estimate of drug-likeness (QED) is 0.696. The highest BCUT2D eigenvalue weighted by Gasteiger charge is 2.10. The van der Waals surface area contributed by atoms with Gasteiger partial charge in [-0.2, -0.15) is 5.10 Å². The molecule has 0 atom stereocenters. The van der Waals surface area contributed by atoms with E-state index in [1.165, 1.54) is 4.68 Å². The standard InChI is InChI=1S/C8H14N2O/c1-4-6-7(5-2)9-10(3)8(6)11/h11H,4-5H2,1-3H3. The van der Waals surface area contributed by atoms with Crippen LogP contribution < -0.4 is 0 Å². The number of aryl methyl sites for hydroxylation is 2. The summed E-state index contributed by atoms with van der Waals surface area (Å²) in [6, 6.07) is 0. The Kier molecular flexibility index (Phi) is 2.17. The van der Waals surface area contributed by atoms with Gasteiger partial charge in [0.15, 0.2) is 0 Å². The molecule has 1 heterocycles. The maximum Gasteiger partial charge on any atom is 0.212 e. The van der Waals surface area contributed by atoms with Crippen LogP contribution in [-0.2, 0) is 19.9 Å². The maximum atomic E-state index is 9.45. The van der Waals surface area contributed by atoms with Gasteiger partial charge in [0.05, 0.1) is 5.69 Å². The normalized spacial score (nSPS) is 10.5. The molecule has 3 nitrogen and oxygen atoms in total. The molecule has 1 aromatic heterocycles. The van der Waals surface area contributed by atoms with E-state index in [2.05, 4.69) is 5.10 Å². The highest BCUT2D eigenvalue weighted by Crippen LogP contribution is 2.20. The van der Waals surface area contributed by atoms with E-state index in [-0.39, 0.29) is 0 Å². The number of aromatic hydroxyl groups is 1. The van der Waals surface area contributed by atoms with E-state index in [9.17, 15) is 5.11 Å². The van der Waals surface area contributed by atoms with Crippen molar-refractivity contribution in [2.45, 2.75) is 26.7 Å². The van der Waals surface area contributed by atoms with Gasteiger partial charge in [0, 0.05) is 12.6 Å². The highest BCUT2D eigenvalue weighted by atomic mass is 16.3. The molecular weight excluding hydrogens is 140 g/mol. The van der Waals surface area contributed by atoms with E-state index in [0.717, 1.165) is 24.1 Å². The van der Waals surface area contributed by atoms with Gasteiger partial charge < -0.3 is 5.11 Å². The number of hydrogen-bond acceptors (Lipinski definition) is 2. The molecule has 0 unspecified atom stereocenters. The van der Waals surface area contributed by atoms with Gasteiger partial charge >= 0.3 is 0 Å². The molecule has 0 spiro atoms. The first-order valence-corrected chi connectivity index (χ1v) is 3.94. The van der Waals surface area contributed by atoms with Crippen LogP contribution >= 0.6 is 0 Å². The summed E-state index contributed by atoms with van der Waals surface area (Å²) in [5.41, 5.74) is 1.99. The first kappa shape index (κ1) is 8.11. The molecule has 0 radical (unpaired) electrons. The summed E-state index contributed by atoms with van der Waals surface area (Å²) >= 11 is 0. The Morgan fingerprint density at radius 2 is 2.00 bits per heavy atom. The lowest BCUT2D eigenvalue weighted by atomic mass is 10.1. The van der Waals surface area contributed by atoms with Gasteiger partial charge in [0.25, 0.3) is 0 Å². The monoisotopic (exact) mass is 154 g/mol. The summed E-state index contributed by atoms with van der Waals surface area (Å²) in [6.45, 7) is 4.07. The molecule has 0 aliphatic rings. The fourth-order valence-corrected chi connectivity index (χ4v) is 1.26. The third-order valence-electron chi connectivity index (χ3n) is 1.88. The zero-order valence-electron chi connectivity index (χ0n) is 7.26. The molecule has 0 saturated heterocycles. The Morgan fingerprint density at radius 3 is 2.36 bits per heavy atom. The summed E-state index contributed by atoms with van der Waals surface area (Å²) in [7, 11) is 1.76. The van der Waals surface area contributed by atoms with Crippen LogP contribution in [0.25, 0.3) is 0 Å². The molecule has 62 valence electrons. The number of hydrogen-bond donors (Lipinski definition) is 1. The second-order valence-electron chi connectivity index (χ2n) is 2.58. The van der Waals surface area contributed by atoms with E-state index in [1.54, 1.807) is 7.05 Å². The zero-order valence-corrected chi connectivity index (χ0v) is 7.26. The lowest BCUT2D eigenvalue weighted by Gasteiger charge is -1.94. The fraction of sp³-hybridized carbons (Fsp3) is 0.625. The SMILES string of the molecule is CCc1nn(C)c(O)c1CC. The first-order chi connectivity index (χ1) is 5.20. The predicted octanol–water partition coefficient (Wildman–Crippen LogP) is 1.25. The first-order valence-electron chi connectivity index (χ1n) is 3.94. The van der Waals surface area contributed by atoms with Crippen LogP contribution in [0.3, 0.4) is 0 Å². The summed E-state index contributed by atoms with van der Waals surface area (Å²) in [4.78, 5) is 0. The summed E-state index contributed by atoms with van der Waals surface area (Å²) in [5.74, 6) is 0.310. The van der Waals surface area contributed by atoms with Crippen LogP contribution in [0.1, 0.15) is 25.1 Å². The Hall–Kier alpha value is -0.990. The van der Waals surface area contributed by atoms with Crippen LogP contribution in [0.4, 0.5) is 0 Å². The highest BCUT2D eigenvalue weighted by molar-refractivity contribution is 5.30. The third kappa shape index (κ3) is 1.23. The minimum absolute atomic E-state index is 0.310. The second kappa shape index (κ2) is 2.95. The van der Waals surface area contributed by atoms with Crippen molar-refractivity contribution >= 4 is 0 Å². The molecule has 1 aromatic rings. The van der Waals surface area contributed by atoms with E-state index >= 15 is 0 Å². The maximum absolute atomic E-state index is 9.45. The van der Waals surface area contributed by atoms with Crippen molar-refractivity contribution in [2.24, 2.45) is 7.05 Å². The summed E-state index contributed by atoms with van der Waals surface area (Å²) < 4.78 is 1.53. The summed E-state index contributed by atoms with van der Waals surface area (Å²) in [5, 5.41) is 13.6. The number of nitrogens with zero attached hydrogens (tertiary/aromatic N) is 2. The molecule has 3 heteroatoms. The molecule has 1 rings (SSSR count). The average Bonchev–Trinajstić information content (AvgIpc) is 2.28. The molecule has 0 amide bonds. The molecule has 0 saturated carbocycles. The average molecular weight is 154 g/mol. The topological polar surface area (TPSA) is 38.0 Å². The van der Waals surface area contributed by atoms with Crippen LogP contribution in [0.5, 0.6) is 5.88 Å². The smallest absolute Gasteiger partial charge is 0.212 e. The predicted molar refractivity (Wildman–Crippen MR) is 43.6 cm³/mol. The molecule has 1 N–H and O–H groups in total. The Labute approximate surface area is 66.7 Å². The number of aromatic nitrogens is 2. The van der Waals surface area contributed by atoms with Crippen LogP contribution in [0.15, 0.2) is 0 Å². The minimum Gasteiger partial charge on any atom is -0.493 e. The molecule has 11 heavy (non-hydrogen) atoms. The number of rotatable bonds is 2. The Bertz CT molecular complexity index is 253. The van der Waals surface area contributed by atoms with Crippen molar-refractivity contribution in [3.05, 3.63) is 11.3 Å². The van der Waals surface area contributed by atoms with Crippen molar-refractivity contribution in [2.75, 3.05) is 0 Å². The lowest BCUT2D eigenvalue weighted by Crippen LogP contribution is -1.90. The zero-order chi connectivity index (χ0) is 8.43. The minimum atomic E-state index is 0.310. The Balaban J connectivity index is 3.15. The van der Waals surface area contributed by atoms with Gasteiger partial charge in [-0.1, -0.05) is 13.8 Å². The van der Waals surface area contributed by atoms with Crippen molar-refractivity contribution in [1.82, 2.24) is 9.78 Å². The van der Waals surface area contributed by atoms with Crippen LogP contribution in [0.2, 0.25) is 0 Å². The van der Waals surface area contributed by atoms with Crippen molar-refractivity contribution < 1.29 is 5.11 Å². The van der Waals surface area contributed by atoms with Gasteiger partial charge in [-0.05, 0) is 12.8 Å². The van der Waals surface area contributed by atoms with Gasteiger partial charge in [-0.3, -0.25) is 0 Å². The van der Waals surface area contributed by atoms with Crippen molar-refractivity contribution in [1.29, 1.82) is 0 Å². The fourth-order valence-electron chi connectivity index (χ4n) is 1.26. The van der Waals surface area contributed by atoms with Crippen LogP contribution in [-0.4, -0.2) is 14.9 Å². The van der Waals surface area contributed by atoms with E-state index in [0.29, 0.717) is 5.88 Å². The largest absolute Gasteiger partial charge is 0.493 e. The molecule has 0 fully saturated rings. The molecular formula is C8H14N2O. The van der Waals surface area contributed by atoms with E-state index in [4.69, 9.17) is 0 Å². The molecule has 0 bridgehead atoms. The molecule has 0 aliphatic heterocycles. The summed E-state index contributed by atoms with van der Waals surface area (Å²) in [6.07, 6.45) is 1.74. The molecule has 0 aliphatic carbocycles. The Morgan fingerprint density at radius 1 is 1.36 bits per heavy atom. The van der Waals surface area contributed by atoms with Gasteiger partial charge in [0.2, 0.25) is 5.88 Å². The van der Waals surface area contributed by atoms with Gasteiger partial charge in [-0.25, -0.2) is 4.68 Å². The second-order valence-corrected chi connectivity index (χ2v) is 2.58. The van der Waals surface area contributed by atoms with Crippen molar-refractivity contribution in [3.8, 4) is 5.88 Å². The van der Waals surface area contributed by atoms with Gasteiger partial charge in [0.1, 0.15) is 0 Å². The molecule has 0 aromatic carbocycles. The van der Waals surface area contributed by atoms with E-state index < -0.39 is 0 Å².